The molecule has 0 radical (unpaired) electrons. The summed E-state index contributed by atoms with van der Waals surface area (Å²) >= 11 is 0. The molecule has 1 heterocycles. The molecule has 20 heavy (non-hydrogen) atoms. The van der Waals surface area contributed by atoms with Crippen LogP contribution >= 0.6 is 0 Å². The molecule has 2 aromatic carbocycles. The second-order valence-electron chi connectivity index (χ2n) is 4.90. The van der Waals surface area contributed by atoms with E-state index in [0.29, 0.717) is 0 Å². The zero-order valence-corrected chi connectivity index (χ0v) is 11.4. The maximum absolute atomic E-state index is 9.56. The fourth-order valence-electron chi connectivity index (χ4n) is 2.23. The van der Waals surface area contributed by atoms with Gasteiger partial charge in [-0.1, -0.05) is 47.1 Å². The third-order valence-corrected chi connectivity index (χ3v) is 3.36. The van der Waals surface area contributed by atoms with Gasteiger partial charge in [0.05, 0.1) is 0 Å². The second kappa shape index (κ2) is 4.85. The molecule has 1 N–H and O–H groups in total. The highest BCUT2D eigenvalue weighted by molar-refractivity contribution is 5.72. The minimum atomic E-state index is 0.224. The van der Waals surface area contributed by atoms with Crippen LogP contribution in [0.3, 0.4) is 0 Å². The maximum Gasteiger partial charge on any atom is 0.170 e. The van der Waals surface area contributed by atoms with E-state index in [0.717, 1.165) is 28.1 Å². The van der Waals surface area contributed by atoms with Gasteiger partial charge in [0.2, 0.25) is 0 Å². The zero-order valence-electron chi connectivity index (χ0n) is 11.4. The number of phenolic OH excluding ortho intramolecular Hbond substituents is 1. The molecule has 0 amide bonds. The number of aromatic hydroxyl groups is 1. The molecule has 3 aromatic rings. The van der Waals surface area contributed by atoms with E-state index >= 15 is 0 Å². The highest BCUT2D eigenvalue weighted by Crippen LogP contribution is 2.32. The summed E-state index contributed by atoms with van der Waals surface area (Å²) in [6.45, 7) is 4.03. The SMILES string of the molecule is Cc1ccc(-c2onc(-c3cccc(O)c3)c2C)cc1. The zero-order chi connectivity index (χ0) is 14.1. The van der Waals surface area contributed by atoms with Gasteiger partial charge in [-0.25, -0.2) is 0 Å². The van der Waals surface area contributed by atoms with Gasteiger partial charge < -0.3 is 9.63 Å². The molecule has 0 unspecified atom stereocenters. The lowest BCUT2D eigenvalue weighted by Gasteiger charge is -2.00. The lowest BCUT2D eigenvalue weighted by Crippen LogP contribution is -1.82. The van der Waals surface area contributed by atoms with Gasteiger partial charge in [-0.05, 0) is 26.0 Å². The first kappa shape index (κ1) is 12.5. The number of hydrogen-bond acceptors (Lipinski definition) is 3. The minimum absolute atomic E-state index is 0.224. The molecule has 1 aromatic heterocycles. The van der Waals surface area contributed by atoms with Crippen LogP contribution in [0.2, 0.25) is 0 Å². The van der Waals surface area contributed by atoms with Crippen LogP contribution in [0.5, 0.6) is 5.75 Å². The van der Waals surface area contributed by atoms with Crippen molar-refractivity contribution in [3.8, 4) is 28.3 Å². The van der Waals surface area contributed by atoms with Crippen molar-refractivity contribution in [2.24, 2.45) is 0 Å². The molecule has 0 fully saturated rings. The molecule has 0 aliphatic carbocycles. The average Bonchev–Trinajstić information content (AvgIpc) is 2.82. The predicted molar refractivity (Wildman–Crippen MR) is 78.5 cm³/mol. The number of phenols is 1. The summed E-state index contributed by atoms with van der Waals surface area (Å²) in [6.07, 6.45) is 0. The smallest absolute Gasteiger partial charge is 0.170 e. The van der Waals surface area contributed by atoms with Crippen LogP contribution in [0.1, 0.15) is 11.1 Å². The van der Waals surface area contributed by atoms with E-state index < -0.39 is 0 Å². The van der Waals surface area contributed by atoms with Gasteiger partial charge in [0.25, 0.3) is 0 Å². The predicted octanol–water partition coefficient (Wildman–Crippen LogP) is 4.33. The quantitative estimate of drug-likeness (QED) is 0.750. The number of hydrogen-bond donors (Lipinski definition) is 1. The lowest BCUT2D eigenvalue weighted by molar-refractivity contribution is 0.434. The molecule has 0 saturated carbocycles. The molecule has 0 spiro atoms. The van der Waals surface area contributed by atoms with E-state index in [1.807, 2.05) is 37.3 Å². The fraction of sp³-hybridized carbons (Fsp3) is 0.118. The van der Waals surface area contributed by atoms with Gasteiger partial charge >= 0.3 is 0 Å². The van der Waals surface area contributed by atoms with Gasteiger partial charge in [-0.15, -0.1) is 0 Å². The Labute approximate surface area is 117 Å². The van der Waals surface area contributed by atoms with Crippen molar-refractivity contribution < 1.29 is 9.63 Å². The Balaban J connectivity index is 2.07. The first-order valence-electron chi connectivity index (χ1n) is 6.48. The Bertz CT molecular complexity index is 742. The number of aromatic nitrogens is 1. The monoisotopic (exact) mass is 265 g/mol. The van der Waals surface area contributed by atoms with E-state index in [4.69, 9.17) is 4.52 Å². The Kier molecular flexibility index (Phi) is 3.03. The average molecular weight is 265 g/mol. The van der Waals surface area contributed by atoms with Gasteiger partial charge in [-0.2, -0.15) is 0 Å². The van der Waals surface area contributed by atoms with E-state index in [9.17, 15) is 5.11 Å². The molecule has 3 nitrogen and oxygen atoms in total. The van der Waals surface area contributed by atoms with Crippen LogP contribution in [0.25, 0.3) is 22.6 Å². The molecule has 3 heteroatoms. The van der Waals surface area contributed by atoms with Crippen molar-refractivity contribution in [3.05, 3.63) is 59.7 Å². The Morgan fingerprint density at radius 3 is 2.40 bits per heavy atom. The van der Waals surface area contributed by atoms with E-state index in [2.05, 4.69) is 12.1 Å². The largest absolute Gasteiger partial charge is 0.508 e. The van der Waals surface area contributed by atoms with Gasteiger partial charge in [0.15, 0.2) is 5.76 Å². The molecule has 0 atom stereocenters. The first-order valence-corrected chi connectivity index (χ1v) is 6.48. The topological polar surface area (TPSA) is 46.3 Å². The van der Waals surface area contributed by atoms with Gasteiger partial charge in [0, 0.05) is 16.7 Å². The summed E-state index contributed by atoms with van der Waals surface area (Å²) in [4.78, 5) is 0. The second-order valence-corrected chi connectivity index (χ2v) is 4.90. The summed E-state index contributed by atoms with van der Waals surface area (Å²) in [6, 6.07) is 15.2. The van der Waals surface area contributed by atoms with Crippen molar-refractivity contribution in [1.82, 2.24) is 5.16 Å². The van der Waals surface area contributed by atoms with Crippen molar-refractivity contribution in [3.63, 3.8) is 0 Å². The molecular weight excluding hydrogens is 250 g/mol. The highest BCUT2D eigenvalue weighted by atomic mass is 16.5. The number of aryl methyl sites for hydroxylation is 1. The highest BCUT2D eigenvalue weighted by Gasteiger charge is 2.15. The molecule has 0 aliphatic heterocycles. The maximum atomic E-state index is 9.56. The summed E-state index contributed by atoms with van der Waals surface area (Å²) < 4.78 is 5.48. The number of nitrogens with zero attached hydrogens (tertiary/aromatic N) is 1. The summed E-state index contributed by atoms with van der Waals surface area (Å²) in [5, 5.41) is 13.7. The summed E-state index contributed by atoms with van der Waals surface area (Å²) in [5.41, 5.74) is 4.80. The van der Waals surface area contributed by atoms with Crippen LogP contribution in [-0.4, -0.2) is 10.3 Å². The molecule has 0 saturated heterocycles. The molecule has 100 valence electrons. The van der Waals surface area contributed by atoms with E-state index in [1.165, 1.54) is 5.56 Å². The van der Waals surface area contributed by atoms with Gasteiger partial charge in [0.1, 0.15) is 11.4 Å². The molecule has 3 rings (SSSR count). The van der Waals surface area contributed by atoms with Crippen molar-refractivity contribution in [2.45, 2.75) is 13.8 Å². The Morgan fingerprint density at radius 1 is 0.950 bits per heavy atom. The van der Waals surface area contributed by atoms with Crippen molar-refractivity contribution in [1.29, 1.82) is 0 Å². The minimum Gasteiger partial charge on any atom is -0.508 e. The molecular formula is C17H15NO2. The van der Waals surface area contributed by atoms with E-state index in [-0.39, 0.29) is 5.75 Å². The number of benzene rings is 2. The van der Waals surface area contributed by atoms with Crippen LogP contribution in [0, 0.1) is 13.8 Å². The summed E-state index contributed by atoms with van der Waals surface area (Å²) in [7, 11) is 0. The Morgan fingerprint density at radius 2 is 1.70 bits per heavy atom. The molecule has 0 bridgehead atoms. The lowest BCUT2D eigenvalue weighted by atomic mass is 10.0. The number of rotatable bonds is 2. The molecule has 0 aliphatic rings. The van der Waals surface area contributed by atoms with E-state index in [1.54, 1.807) is 18.2 Å². The first-order chi connectivity index (χ1) is 9.65. The standard InChI is InChI=1S/C17H15NO2/c1-11-6-8-13(9-7-11)17-12(2)16(18-20-17)14-4-3-5-15(19)10-14/h3-10,19H,1-2H3. The van der Waals surface area contributed by atoms with Crippen LogP contribution in [0.4, 0.5) is 0 Å². The van der Waals surface area contributed by atoms with Crippen molar-refractivity contribution >= 4 is 0 Å². The fourth-order valence-corrected chi connectivity index (χ4v) is 2.23. The van der Waals surface area contributed by atoms with Crippen LogP contribution in [0.15, 0.2) is 53.1 Å². The van der Waals surface area contributed by atoms with Gasteiger partial charge in [-0.3, -0.25) is 0 Å². The van der Waals surface area contributed by atoms with Crippen molar-refractivity contribution in [2.75, 3.05) is 0 Å². The third-order valence-electron chi connectivity index (χ3n) is 3.36. The van der Waals surface area contributed by atoms with Crippen LogP contribution < -0.4 is 0 Å². The normalized spacial score (nSPS) is 10.7. The van der Waals surface area contributed by atoms with Crippen LogP contribution in [-0.2, 0) is 0 Å². The Hall–Kier alpha value is -2.55. The summed E-state index contributed by atoms with van der Waals surface area (Å²) in [5.74, 6) is 0.991. The third kappa shape index (κ3) is 2.18.